The minimum Gasteiger partial charge on any atom is -0.332 e. The van der Waals surface area contributed by atoms with Crippen LogP contribution < -0.4 is 16.0 Å². The van der Waals surface area contributed by atoms with Crippen molar-refractivity contribution in [2.45, 2.75) is 53.7 Å². The van der Waals surface area contributed by atoms with Crippen molar-refractivity contribution in [2.75, 3.05) is 11.1 Å². The second kappa shape index (κ2) is 9.91. The van der Waals surface area contributed by atoms with E-state index in [1.165, 1.54) is 0 Å². The van der Waals surface area contributed by atoms with E-state index in [0.717, 1.165) is 21.9 Å². The molecule has 0 unspecified atom stereocenters. The summed E-state index contributed by atoms with van der Waals surface area (Å²) >= 11 is 1.70. The van der Waals surface area contributed by atoms with Gasteiger partial charge in [-0.15, -0.1) is 11.8 Å². The van der Waals surface area contributed by atoms with Gasteiger partial charge in [0, 0.05) is 35.2 Å². The number of thioether (sulfide) groups is 1. The lowest BCUT2D eigenvalue weighted by Gasteiger charge is -2.16. The molecule has 2 aromatic rings. The number of aromatic nitrogens is 1. The van der Waals surface area contributed by atoms with E-state index in [2.05, 4.69) is 20.9 Å². The zero-order valence-electron chi connectivity index (χ0n) is 17.5. The van der Waals surface area contributed by atoms with Gasteiger partial charge < -0.3 is 16.0 Å². The van der Waals surface area contributed by atoms with E-state index in [4.69, 9.17) is 0 Å². The van der Waals surface area contributed by atoms with Crippen LogP contribution in [0, 0.1) is 0 Å². The molecule has 3 atom stereocenters. The molecule has 4 rings (SSSR count). The smallest absolute Gasteiger partial charge is 0.315 e. The van der Waals surface area contributed by atoms with Crippen LogP contribution in [-0.4, -0.2) is 48.4 Å². The zero-order chi connectivity index (χ0) is 22.6. The van der Waals surface area contributed by atoms with Crippen molar-refractivity contribution in [3.05, 3.63) is 54.4 Å². The highest BCUT2D eigenvalue weighted by atomic mass is 32.2. The third kappa shape index (κ3) is 5.60. The van der Waals surface area contributed by atoms with E-state index in [1.807, 2.05) is 42.6 Å². The first-order valence-electron chi connectivity index (χ1n) is 10.6. The summed E-state index contributed by atoms with van der Waals surface area (Å²) < 4.78 is 24.7. The molecule has 1 aromatic heterocycles. The maximum Gasteiger partial charge on any atom is 0.315 e. The van der Waals surface area contributed by atoms with Crippen LogP contribution in [0.2, 0.25) is 0 Å². The standard InChI is InChI=1S/C22H26N4O4S2/c27-20(6-2-1-5-19-21-18(14-32(19,29)30)25-22(28)26-21)24-16-7-9-17(10-8-16)31-13-15-4-3-11-23-12-15/h3-4,7-12,18-19,21H,1-2,5-6,13-14H2,(H,24,27)(H2,25,26,28)/t18-,19-,21-/m1/s1. The molecule has 2 saturated heterocycles. The summed E-state index contributed by atoms with van der Waals surface area (Å²) in [6.07, 6.45) is 5.58. The first-order chi connectivity index (χ1) is 15.4. The largest absolute Gasteiger partial charge is 0.332 e. The topological polar surface area (TPSA) is 117 Å². The predicted octanol–water partition coefficient (Wildman–Crippen LogP) is 2.72. The number of nitrogens with one attached hydrogen (secondary N) is 3. The molecule has 2 aliphatic heterocycles. The van der Waals surface area contributed by atoms with Crippen LogP contribution in [0.5, 0.6) is 0 Å². The third-order valence-corrected chi connectivity index (χ3v) is 9.09. The molecule has 2 aliphatic rings. The Hall–Kier alpha value is -2.59. The SMILES string of the molecule is O=C(CCCC[C@@H]1[C@@H]2NC(=O)N[C@@H]2CS1(=O)=O)Nc1ccc(SCc2cccnc2)cc1. The Balaban J connectivity index is 1.18. The van der Waals surface area contributed by atoms with Crippen molar-refractivity contribution >= 4 is 39.2 Å². The van der Waals surface area contributed by atoms with Crippen molar-refractivity contribution in [1.29, 1.82) is 0 Å². The molecule has 3 heterocycles. The van der Waals surface area contributed by atoms with Crippen LogP contribution in [0.1, 0.15) is 31.2 Å². The molecule has 32 heavy (non-hydrogen) atoms. The van der Waals surface area contributed by atoms with Gasteiger partial charge in [-0.25, -0.2) is 13.2 Å². The van der Waals surface area contributed by atoms with Gasteiger partial charge in [0.15, 0.2) is 9.84 Å². The van der Waals surface area contributed by atoms with E-state index < -0.39 is 15.1 Å². The minimum absolute atomic E-state index is 0.0158. The number of sulfone groups is 1. The van der Waals surface area contributed by atoms with Crippen LogP contribution in [0.3, 0.4) is 0 Å². The molecule has 3 N–H and O–H groups in total. The highest BCUT2D eigenvalue weighted by molar-refractivity contribution is 7.98. The second-order valence-electron chi connectivity index (χ2n) is 8.09. The van der Waals surface area contributed by atoms with Crippen LogP contribution >= 0.6 is 11.8 Å². The number of fused-ring (bicyclic) bond motifs is 1. The highest BCUT2D eigenvalue weighted by Gasteiger charge is 2.51. The maximum absolute atomic E-state index is 12.3. The molecular formula is C22H26N4O4S2. The first-order valence-corrected chi connectivity index (χ1v) is 13.3. The van der Waals surface area contributed by atoms with E-state index in [-0.39, 0.29) is 29.8 Å². The Kier molecular flexibility index (Phi) is 7.00. The lowest BCUT2D eigenvalue weighted by molar-refractivity contribution is -0.116. The van der Waals surface area contributed by atoms with Crippen LogP contribution in [0.4, 0.5) is 10.5 Å². The van der Waals surface area contributed by atoms with Gasteiger partial charge in [-0.1, -0.05) is 12.5 Å². The summed E-state index contributed by atoms with van der Waals surface area (Å²) in [4.78, 5) is 28.9. The highest BCUT2D eigenvalue weighted by Crippen LogP contribution is 2.28. The zero-order valence-corrected chi connectivity index (χ0v) is 19.1. The molecule has 0 bridgehead atoms. The van der Waals surface area contributed by atoms with Crippen molar-refractivity contribution in [2.24, 2.45) is 0 Å². The van der Waals surface area contributed by atoms with Crippen LogP contribution in [0.15, 0.2) is 53.7 Å². The number of hydrogen-bond donors (Lipinski definition) is 3. The molecule has 0 radical (unpaired) electrons. The van der Waals surface area contributed by atoms with Crippen molar-refractivity contribution in [1.82, 2.24) is 15.6 Å². The lowest BCUT2D eigenvalue weighted by atomic mass is 10.0. The molecule has 2 fully saturated rings. The molecule has 0 spiro atoms. The number of urea groups is 1. The van der Waals surface area contributed by atoms with Crippen molar-refractivity contribution < 1.29 is 18.0 Å². The fraction of sp³-hybridized carbons (Fsp3) is 0.409. The van der Waals surface area contributed by atoms with Crippen LogP contribution in [-0.2, 0) is 20.4 Å². The van der Waals surface area contributed by atoms with Crippen molar-refractivity contribution in [3.8, 4) is 0 Å². The van der Waals surface area contributed by atoms with E-state index in [1.54, 1.807) is 18.0 Å². The van der Waals surface area contributed by atoms with Gasteiger partial charge in [0.25, 0.3) is 0 Å². The summed E-state index contributed by atoms with van der Waals surface area (Å²) in [6.45, 7) is 0. The van der Waals surface area contributed by atoms with E-state index in [9.17, 15) is 18.0 Å². The Morgan fingerprint density at radius 1 is 1.16 bits per heavy atom. The molecule has 3 amide bonds. The van der Waals surface area contributed by atoms with Gasteiger partial charge in [0.2, 0.25) is 5.91 Å². The average molecular weight is 475 g/mol. The number of unbranched alkanes of at least 4 members (excludes halogenated alkanes) is 1. The number of rotatable bonds is 9. The molecular weight excluding hydrogens is 448 g/mol. The number of nitrogens with zero attached hydrogens (tertiary/aromatic N) is 1. The normalized spacial score (nSPS) is 23.2. The summed E-state index contributed by atoms with van der Waals surface area (Å²) in [7, 11) is -3.23. The van der Waals surface area contributed by atoms with Gasteiger partial charge in [-0.2, -0.15) is 0 Å². The molecule has 170 valence electrons. The van der Waals surface area contributed by atoms with Gasteiger partial charge in [-0.3, -0.25) is 9.78 Å². The average Bonchev–Trinajstić information content (AvgIpc) is 3.22. The monoisotopic (exact) mass is 474 g/mol. The molecule has 0 saturated carbocycles. The molecule has 10 heteroatoms. The predicted molar refractivity (Wildman–Crippen MR) is 124 cm³/mol. The summed E-state index contributed by atoms with van der Waals surface area (Å²) in [5, 5.41) is 7.68. The van der Waals surface area contributed by atoms with E-state index in [0.29, 0.717) is 25.7 Å². The Labute approximate surface area is 191 Å². The summed E-state index contributed by atoms with van der Waals surface area (Å²) in [5.41, 5.74) is 1.89. The number of amides is 3. The van der Waals surface area contributed by atoms with Crippen LogP contribution in [0.25, 0.3) is 0 Å². The lowest BCUT2D eigenvalue weighted by Crippen LogP contribution is -2.39. The second-order valence-corrected chi connectivity index (χ2v) is 11.4. The van der Waals surface area contributed by atoms with Gasteiger partial charge in [0.1, 0.15) is 0 Å². The summed E-state index contributed by atoms with van der Waals surface area (Å²) in [5.74, 6) is 0.721. The van der Waals surface area contributed by atoms with Gasteiger partial charge in [-0.05, 0) is 48.7 Å². The Morgan fingerprint density at radius 3 is 2.72 bits per heavy atom. The Morgan fingerprint density at radius 2 is 1.97 bits per heavy atom. The maximum atomic E-state index is 12.3. The minimum atomic E-state index is -3.23. The number of carbonyl (C=O) groups is 2. The number of pyridine rings is 1. The number of hydrogen-bond acceptors (Lipinski definition) is 6. The number of anilines is 1. The van der Waals surface area contributed by atoms with E-state index >= 15 is 0 Å². The molecule has 8 nitrogen and oxygen atoms in total. The molecule has 0 aliphatic carbocycles. The third-order valence-electron chi connectivity index (χ3n) is 5.73. The number of benzene rings is 1. The Bertz CT molecular complexity index is 1060. The summed E-state index contributed by atoms with van der Waals surface area (Å²) in [6, 6.07) is 10.7. The molecule has 1 aromatic carbocycles. The van der Waals surface area contributed by atoms with Gasteiger partial charge in [0.05, 0.1) is 23.1 Å². The quantitative estimate of drug-likeness (QED) is 0.292. The number of carbonyl (C=O) groups excluding carboxylic acids is 2. The van der Waals surface area contributed by atoms with Gasteiger partial charge >= 0.3 is 6.03 Å². The van der Waals surface area contributed by atoms with Crippen molar-refractivity contribution in [3.63, 3.8) is 0 Å². The fourth-order valence-electron chi connectivity index (χ4n) is 4.14. The fourth-order valence-corrected chi connectivity index (χ4v) is 7.25. The first kappa shape index (κ1) is 22.6.